The van der Waals surface area contributed by atoms with Crippen LogP contribution in [-0.2, 0) is 4.57 Å². The summed E-state index contributed by atoms with van der Waals surface area (Å²) in [4.78, 5) is 9.90. The van der Waals surface area contributed by atoms with Crippen LogP contribution in [0.4, 0.5) is 4.39 Å². The minimum atomic E-state index is -3.63. The average Bonchev–Trinajstić information content (AvgIpc) is 2.33. The van der Waals surface area contributed by atoms with Gasteiger partial charge in [0.05, 0.1) is 5.66 Å². The SMILES string of the molecule is O=P(O)(Oc1ccc(F)cc1)C1CCCCC1. The van der Waals surface area contributed by atoms with E-state index in [0.29, 0.717) is 0 Å². The molecule has 1 fully saturated rings. The molecule has 1 aromatic carbocycles. The molecule has 0 radical (unpaired) electrons. The summed E-state index contributed by atoms with van der Waals surface area (Å²) in [7, 11) is -3.63. The summed E-state index contributed by atoms with van der Waals surface area (Å²) >= 11 is 0. The van der Waals surface area contributed by atoms with E-state index in [1.165, 1.54) is 24.3 Å². The van der Waals surface area contributed by atoms with E-state index in [4.69, 9.17) is 4.52 Å². The lowest BCUT2D eigenvalue weighted by Gasteiger charge is -2.26. The molecule has 0 aromatic heterocycles. The van der Waals surface area contributed by atoms with Crippen molar-refractivity contribution in [1.29, 1.82) is 0 Å². The van der Waals surface area contributed by atoms with E-state index in [0.717, 1.165) is 32.1 Å². The molecule has 17 heavy (non-hydrogen) atoms. The van der Waals surface area contributed by atoms with Crippen LogP contribution in [0.2, 0.25) is 0 Å². The molecule has 0 bridgehead atoms. The first-order chi connectivity index (χ1) is 8.08. The third kappa shape index (κ3) is 3.30. The Morgan fingerprint density at radius 3 is 2.35 bits per heavy atom. The normalized spacial score (nSPS) is 20.8. The van der Waals surface area contributed by atoms with Crippen LogP contribution in [0.1, 0.15) is 32.1 Å². The first kappa shape index (κ1) is 12.6. The molecule has 1 aromatic rings. The van der Waals surface area contributed by atoms with E-state index in [1.807, 2.05) is 0 Å². The molecule has 5 heteroatoms. The first-order valence-electron chi connectivity index (χ1n) is 5.85. The zero-order valence-corrected chi connectivity index (χ0v) is 10.4. The monoisotopic (exact) mass is 258 g/mol. The molecule has 1 unspecified atom stereocenters. The number of halogens is 1. The number of hydrogen-bond acceptors (Lipinski definition) is 2. The highest BCUT2D eigenvalue weighted by atomic mass is 31.2. The Hall–Kier alpha value is -0.860. The van der Waals surface area contributed by atoms with Crippen LogP contribution < -0.4 is 4.52 Å². The predicted octanol–water partition coefficient (Wildman–Crippen LogP) is 3.72. The Bertz CT molecular complexity index is 412. The smallest absolute Gasteiger partial charge is 0.379 e. The van der Waals surface area contributed by atoms with Crippen molar-refractivity contribution in [2.45, 2.75) is 37.8 Å². The number of benzene rings is 1. The van der Waals surface area contributed by atoms with Crippen molar-refractivity contribution in [3.05, 3.63) is 30.1 Å². The quantitative estimate of drug-likeness (QED) is 0.840. The van der Waals surface area contributed by atoms with Gasteiger partial charge in [-0.15, -0.1) is 0 Å². The minimum absolute atomic E-state index is 0.253. The fourth-order valence-electron chi connectivity index (χ4n) is 2.13. The highest BCUT2D eigenvalue weighted by molar-refractivity contribution is 7.54. The van der Waals surface area contributed by atoms with Crippen LogP contribution in [-0.4, -0.2) is 10.6 Å². The van der Waals surface area contributed by atoms with Gasteiger partial charge in [-0.1, -0.05) is 19.3 Å². The lowest BCUT2D eigenvalue weighted by Crippen LogP contribution is -2.15. The van der Waals surface area contributed by atoms with Gasteiger partial charge < -0.3 is 9.42 Å². The standard InChI is InChI=1S/C12H16FO3P/c13-10-6-8-11(9-7-10)16-17(14,15)12-4-2-1-3-5-12/h6-9,12H,1-5H2,(H,14,15). The van der Waals surface area contributed by atoms with Gasteiger partial charge in [-0.3, -0.25) is 0 Å². The summed E-state index contributed by atoms with van der Waals surface area (Å²) in [5.74, 6) is -0.134. The molecule has 0 amide bonds. The zero-order chi connectivity index (χ0) is 12.3. The summed E-state index contributed by atoms with van der Waals surface area (Å²) in [5, 5.41) is 0. The van der Waals surface area contributed by atoms with Crippen molar-refractivity contribution in [3.63, 3.8) is 0 Å². The highest BCUT2D eigenvalue weighted by Gasteiger charge is 2.34. The van der Waals surface area contributed by atoms with Crippen LogP contribution in [0, 0.1) is 5.82 Å². The Morgan fingerprint density at radius 2 is 1.76 bits per heavy atom. The van der Waals surface area contributed by atoms with E-state index in [-0.39, 0.29) is 17.2 Å². The van der Waals surface area contributed by atoms with Crippen molar-refractivity contribution in [2.24, 2.45) is 0 Å². The van der Waals surface area contributed by atoms with Crippen LogP contribution >= 0.6 is 7.60 Å². The molecule has 3 nitrogen and oxygen atoms in total. The second-order valence-electron chi connectivity index (χ2n) is 4.40. The lowest BCUT2D eigenvalue weighted by molar-refractivity contribution is 0.343. The Kier molecular flexibility index (Phi) is 3.85. The summed E-state index contributed by atoms with van der Waals surface area (Å²) in [6.45, 7) is 0. The maximum Gasteiger partial charge on any atom is 0.379 e. The van der Waals surface area contributed by atoms with Crippen molar-refractivity contribution >= 4 is 7.60 Å². The fourth-order valence-corrected chi connectivity index (χ4v) is 3.72. The van der Waals surface area contributed by atoms with Crippen LogP contribution in [0.5, 0.6) is 5.75 Å². The minimum Gasteiger partial charge on any atom is -0.424 e. The van der Waals surface area contributed by atoms with Gasteiger partial charge in [0, 0.05) is 0 Å². The third-order valence-electron chi connectivity index (χ3n) is 3.09. The number of rotatable bonds is 3. The molecule has 1 aliphatic rings. The van der Waals surface area contributed by atoms with Crippen molar-refractivity contribution < 1.29 is 18.4 Å². The Morgan fingerprint density at radius 1 is 1.18 bits per heavy atom. The highest BCUT2D eigenvalue weighted by Crippen LogP contribution is 2.52. The summed E-state index contributed by atoms with van der Waals surface area (Å²) in [6, 6.07) is 5.19. The van der Waals surface area contributed by atoms with Gasteiger partial charge in [0.1, 0.15) is 11.6 Å². The van der Waals surface area contributed by atoms with E-state index in [9.17, 15) is 13.8 Å². The van der Waals surface area contributed by atoms with Crippen LogP contribution in [0.15, 0.2) is 24.3 Å². The van der Waals surface area contributed by atoms with Gasteiger partial charge in [-0.25, -0.2) is 8.96 Å². The Labute approximate surface area is 100 Å². The molecule has 1 saturated carbocycles. The topological polar surface area (TPSA) is 46.5 Å². The molecule has 0 spiro atoms. The fraction of sp³-hybridized carbons (Fsp3) is 0.500. The van der Waals surface area contributed by atoms with E-state index < -0.39 is 7.60 Å². The van der Waals surface area contributed by atoms with E-state index in [2.05, 4.69) is 0 Å². The van der Waals surface area contributed by atoms with Gasteiger partial charge in [0.25, 0.3) is 0 Å². The van der Waals surface area contributed by atoms with Crippen molar-refractivity contribution in [1.82, 2.24) is 0 Å². The Balaban J connectivity index is 2.05. The molecule has 2 rings (SSSR count). The van der Waals surface area contributed by atoms with Gasteiger partial charge in [0.2, 0.25) is 0 Å². The molecule has 0 saturated heterocycles. The van der Waals surface area contributed by atoms with Crippen LogP contribution in [0.3, 0.4) is 0 Å². The second-order valence-corrected chi connectivity index (χ2v) is 6.44. The average molecular weight is 258 g/mol. The molecular formula is C12H16FO3P. The van der Waals surface area contributed by atoms with Crippen molar-refractivity contribution in [3.8, 4) is 5.75 Å². The van der Waals surface area contributed by atoms with Gasteiger partial charge in [-0.05, 0) is 37.1 Å². The van der Waals surface area contributed by atoms with Gasteiger partial charge in [0.15, 0.2) is 0 Å². The van der Waals surface area contributed by atoms with Gasteiger partial charge >= 0.3 is 7.60 Å². The zero-order valence-electron chi connectivity index (χ0n) is 9.51. The van der Waals surface area contributed by atoms with Crippen LogP contribution in [0.25, 0.3) is 0 Å². The molecule has 1 N–H and O–H groups in total. The van der Waals surface area contributed by atoms with E-state index >= 15 is 0 Å². The first-order valence-corrected chi connectivity index (χ1v) is 7.50. The maximum atomic E-state index is 12.7. The van der Waals surface area contributed by atoms with Crippen molar-refractivity contribution in [2.75, 3.05) is 0 Å². The summed E-state index contributed by atoms with van der Waals surface area (Å²) < 4.78 is 29.9. The molecule has 0 heterocycles. The molecular weight excluding hydrogens is 242 g/mol. The molecule has 1 atom stereocenters. The summed E-state index contributed by atoms with van der Waals surface area (Å²) in [5.41, 5.74) is -0.277. The number of hydrogen-bond donors (Lipinski definition) is 1. The molecule has 1 aliphatic carbocycles. The summed E-state index contributed by atoms with van der Waals surface area (Å²) in [6.07, 6.45) is 4.53. The largest absolute Gasteiger partial charge is 0.424 e. The molecule has 0 aliphatic heterocycles. The van der Waals surface area contributed by atoms with Gasteiger partial charge in [-0.2, -0.15) is 0 Å². The van der Waals surface area contributed by atoms with E-state index in [1.54, 1.807) is 0 Å². The third-order valence-corrected chi connectivity index (χ3v) is 5.00. The lowest BCUT2D eigenvalue weighted by atomic mass is 10.0. The predicted molar refractivity (Wildman–Crippen MR) is 63.7 cm³/mol. The maximum absolute atomic E-state index is 12.7. The second kappa shape index (κ2) is 5.19. The molecule has 94 valence electrons.